The van der Waals surface area contributed by atoms with Gasteiger partial charge in [0.25, 0.3) is 0 Å². The molecule has 1 unspecified atom stereocenters. The van der Waals surface area contributed by atoms with Crippen LogP contribution in [-0.2, 0) is 13.0 Å². The number of hydrogen-bond acceptors (Lipinski definition) is 1. The standard InChI is InChI=1S/C16H18ClN.ClH/c1-13(11-14-7-9-16(17)10-8-14)18-12-15-5-3-2-4-6-15;/h2-10,13,18H,11-12H2,1H3;1H. The summed E-state index contributed by atoms with van der Waals surface area (Å²) in [5, 5.41) is 4.32. The summed E-state index contributed by atoms with van der Waals surface area (Å²) >= 11 is 5.87. The third-order valence-electron chi connectivity index (χ3n) is 2.95. The zero-order valence-corrected chi connectivity index (χ0v) is 12.5. The molecule has 1 N–H and O–H groups in total. The molecule has 0 heterocycles. The average molecular weight is 296 g/mol. The lowest BCUT2D eigenvalue weighted by atomic mass is 10.1. The SMILES string of the molecule is CC(Cc1ccc(Cl)cc1)NCc1ccccc1.Cl. The van der Waals surface area contributed by atoms with E-state index < -0.39 is 0 Å². The fourth-order valence-corrected chi connectivity index (χ4v) is 2.06. The molecule has 0 saturated carbocycles. The number of nitrogens with one attached hydrogen (secondary N) is 1. The Morgan fingerprint density at radius 3 is 2.21 bits per heavy atom. The third kappa shape index (κ3) is 5.65. The molecule has 3 heteroatoms. The summed E-state index contributed by atoms with van der Waals surface area (Å²) in [6.07, 6.45) is 1.02. The third-order valence-corrected chi connectivity index (χ3v) is 3.20. The van der Waals surface area contributed by atoms with Crippen molar-refractivity contribution < 1.29 is 0 Å². The first-order chi connectivity index (χ1) is 8.74. The number of rotatable bonds is 5. The van der Waals surface area contributed by atoms with Crippen molar-refractivity contribution in [2.24, 2.45) is 0 Å². The quantitative estimate of drug-likeness (QED) is 0.857. The van der Waals surface area contributed by atoms with Crippen molar-refractivity contribution in [2.75, 3.05) is 0 Å². The Kier molecular flexibility index (Phi) is 6.93. The van der Waals surface area contributed by atoms with Crippen molar-refractivity contribution in [1.29, 1.82) is 0 Å². The van der Waals surface area contributed by atoms with Gasteiger partial charge in [-0.25, -0.2) is 0 Å². The minimum absolute atomic E-state index is 0. The Labute approximate surface area is 126 Å². The molecule has 0 aliphatic carbocycles. The number of benzene rings is 2. The van der Waals surface area contributed by atoms with E-state index in [4.69, 9.17) is 11.6 Å². The fraction of sp³-hybridized carbons (Fsp3) is 0.250. The van der Waals surface area contributed by atoms with Crippen LogP contribution in [-0.4, -0.2) is 6.04 Å². The van der Waals surface area contributed by atoms with Crippen LogP contribution in [0.25, 0.3) is 0 Å². The summed E-state index contributed by atoms with van der Waals surface area (Å²) in [5.74, 6) is 0. The predicted molar refractivity (Wildman–Crippen MR) is 85.1 cm³/mol. The Morgan fingerprint density at radius 2 is 1.58 bits per heavy atom. The van der Waals surface area contributed by atoms with E-state index in [1.165, 1.54) is 11.1 Å². The van der Waals surface area contributed by atoms with Crippen LogP contribution in [0.1, 0.15) is 18.1 Å². The lowest BCUT2D eigenvalue weighted by Crippen LogP contribution is -2.27. The van der Waals surface area contributed by atoms with Gasteiger partial charge in [-0.05, 0) is 36.6 Å². The van der Waals surface area contributed by atoms with Gasteiger partial charge in [0.15, 0.2) is 0 Å². The summed E-state index contributed by atoms with van der Waals surface area (Å²) in [5.41, 5.74) is 2.63. The van der Waals surface area contributed by atoms with Crippen LogP contribution in [0.2, 0.25) is 5.02 Å². The van der Waals surface area contributed by atoms with Crippen molar-refractivity contribution in [1.82, 2.24) is 5.32 Å². The molecule has 0 amide bonds. The molecular weight excluding hydrogens is 277 g/mol. The van der Waals surface area contributed by atoms with Crippen LogP contribution < -0.4 is 5.32 Å². The van der Waals surface area contributed by atoms with Gasteiger partial charge >= 0.3 is 0 Å². The van der Waals surface area contributed by atoms with Crippen molar-refractivity contribution in [2.45, 2.75) is 25.9 Å². The van der Waals surface area contributed by atoms with Crippen LogP contribution in [0.4, 0.5) is 0 Å². The van der Waals surface area contributed by atoms with E-state index in [1.54, 1.807) is 0 Å². The molecule has 0 aromatic heterocycles. The first-order valence-corrected chi connectivity index (χ1v) is 6.63. The highest BCUT2D eigenvalue weighted by Crippen LogP contribution is 2.11. The number of halogens is 2. The minimum Gasteiger partial charge on any atom is -0.310 e. The summed E-state index contributed by atoms with van der Waals surface area (Å²) in [6, 6.07) is 19.0. The van der Waals surface area contributed by atoms with Crippen LogP contribution in [0.15, 0.2) is 54.6 Å². The summed E-state index contributed by atoms with van der Waals surface area (Å²) in [6.45, 7) is 3.12. The van der Waals surface area contributed by atoms with Gasteiger partial charge in [-0.3, -0.25) is 0 Å². The maximum atomic E-state index is 5.87. The van der Waals surface area contributed by atoms with E-state index in [9.17, 15) is 0 Å². The lowest BCUT2D eigenvalue weighted by molar-refractivity contribution is 0.545. The monoisotopic (exact) mass is 295 g/mol. The topological polar surface area (TPSA) is 12.0 Å². The van der Waals surface area contributed by atoms with Gasteiger partial charge in [-0.2, -0.15) is 0 Å². The largest absolute Gasteiger partial charge is 0.310 e. The van der Waals surface area contributed by atoms with E-state index in [0.29, 0.717) is 6.04 Å². The number of hydrogen-bond donors (Lipinski definition) is 1. The maximum absolute atomic E-state index is 5.87. The molecule has 19 heavy (non-hydrogen) atoms. The zero-order chi connectivity index (χ0) is 12.8. The normalized spacial score (nSPS) is 11.7. The van der Waals surface area contributed by atoms with Gasteiger partial charge in [0.2, 0.25) is 0 Å². The Balaban J connectivity index is 0.00000180. The summed E-state index contributed by atoms with van der Waals surface area (Å²) < 4.78 is 0. The highest BCUT2D eigenvalue weighted by Gasteiger charge is 2.03. The Hall–Kier alpha value is -1.02. The Bertz CT molecular complexity index is 468. The first-order valence-electron chi connectivity index (χ1n) is 6.26. The van der Waals surface area contributed by atoms with Crippen LogP contribution in [0, 0.1) is 0 Å². The van der Waals surface area contributed by atoms with E-state index in [-0.39, 0.29) is 12.4 Å². The van der Waals surface area contributed by atoms with Gasteiger partial charge in [0.05, 0.1) is 0 Å². The zero-order valence-electron chi connectivity index (χ0n) is 11.0. The molecule has 0 aliphatic heterocycles. The molecule has 0 aliphatic rings. The van der Waals surface area contributed by atoms with E-state index in [2.05, 4.69) is 48.6 Å². The van der Waals surface area contributed by atoms with Crippen molar-refractivity contribution in [3.05, 3.63) is 70.7 Å². The highest BCUT2D eigenvalue weighted by atomic mass is 35.5. The molecule has 2 rings (SSSR count). The van der Waals surface area contributed by atoms with E-state index in [0.717, 1.165) is 18.0 Å². The second-order valence-corrected chi connectivity index (χ2v) is 5.03. The minimum atomic E-state index is 0. The molecule has 0 bridgehead atoms. The van der Waals surface area contributed by atoms with Gasteiger partial charge in [0.1, 0.15) is 0 Å². The molecule has 1 atom stereocenters. The van der Waals surface area contributed by atoms with Crippen LogP contribution in [0.3, 0.4) is 0 Å². The molecule has 1 nitrogen and oxygen atoms in total. The summed E-state index contributed by atoms with van der Waals surface area (Å²) in [7, 11) is 0. The predicted octanol–water partition coefficient (Wildman–Crippen LogP) is 4.48. The lowest BCUT2D eigenvalue weighted by Gasteiger charge is -2.14. The molecule has 102 valence electrons. The highest BCUT2D eigenvalue weighted by molar-refractivity contribution is 6.30. The van der Waals surface area contributed by atoms with Crippen molar-refractivity contribution in [3.8, 4) is 0 Å². The van der Waals surface area contributed by atoms with Gasteiger partial charge in [0, 0.05) is 17.6 Å². The smallest absolute Gasteiger partial charge is 0.0406 e. The first kappa shape index (κ1) is 16.0. The molecule has 2 aromatic rings. The fourth-order valence-electron chi connectivity index (χ4n) is 1.93. The molecule has 0 fully saturated rings. The second kappa shape index (κ2) is 8.21. The van der Waals surface area contributed by atoms with E-state index in [1.807, 2.05) is 18.2 Å². The van der Waals surface area contributed by atoms with Gasteiger partial charge < -0.3 is 5.32 Å². The summed E-state index contributed by atoms with van der Waals surface area (Å²) in [4.78, 5) is 0. The van der Waals surface area contributed by atoms with Crippen molar-refractivity contribution >= 4 is 24.0 Å². The molecular formula is C16H19Cl2N. The van der Waals surface area contributed by atoms with E-state index >= 15 is 0 Å². The second-order valence-electron chi connectivity index (χ2n) is 4.60. The van der Waals surface area contributed by atoms with Crippen LogP contribution in [0.5, 0.6) is 0 Å². The van der Waals surface area contributed by atoms with Crippen molar-refractivity contribution in [3.63, 3.8) is 0 Å². The average Bonchev–Trinajstić information content (AvgIpc) is 2.40. The Morgan fingerprint density at radius 1 is 0.947 bits per heavy atom. The molecule has 0 saturated heterocycles. The van der Waals surface area contributed by atoms with Gasteiger partial charge in [-0.1, -0.05) is 54.1 Å². The molecule has 0 radical (unpaired) electrons. The molecule has 0 spiro atoms. The maximum Gasteiger partial charge on any atom is 0.0406 e. The molecule has 2 aromatic carbocycles. The van der Waals surface area contributed by atoms with Crippen LogP contribution >= 0.6 is 24.0 Å². The van der Waals surface area contributed by atoms with Gasteiger partial charge in [-0.15, -0.1) is 12.4 Å².